The fourth-order valence-electron chi connectivity index (χ4n) is 1.90. The third kappa shape index (κ3) is 5.50. The maximum absolute atomic E-state index is 11.3. The number of rotatable bonds is 9. The van der Waals surface area contributed by atoms with E-state index in [0.29, 0.717) is 25.2 Å². The molecular formula is C12H19ClN2O4S. The zero-order valence-corrected chi connectivity index (χ0v) is 13.0. The van der Waals surface area contributed by atoms with Crippen molar-refractivity contribution in [3.63, 3.8) is 0 Å². The Morgan fingerprint density at radius 2 is 2.10 bits per heavy atom. The highest BCUT2D eigenvalue weighted by Crippen LogP contribution is 2.16. The first kappa shape index (κ1) is 17.0. The van der Waals surface area contributed by atoms with Gasteiger partial charge in [0.05, 0.1) is 0 Å². The van der Waals surface area contributed by atoms with Crippen molar-refractivity contribution in [3.8, 4) is 0 Å². The number of aliphatic carboxylic acids is 1. The Hall–Kier alpha value is -1.08. The van der Waals surface area contributed by atoms with Gasteiger partial charge in [-0.25, -0.2) is 13.4 Å². The van der Waals surface area contributed by atoms with Crippen LogP contribution in [-0.2, 0) is 26.8 Å². The number of hydrogen-bond donors (Lipinski definition) is 1. The highest BCUT2D eigenvalue weighted by atomic mass is 35.7. The van der Waals surface area contributed by atoms with Crippen molar-refractivity contribution >= 4 is 25.7 Å². The maximum Gasteiger partial charge on any atom is 0.303 e. The summed E-state index contributed by atoms with van der Waals surface area (Å²) in [5, 5.41) is 8.42. The quantitative estimate of drug-likeness (QED) is 0.557. The minimum atomic E-state index is -3.81. The monoisotopic (exact) mass is 322 g/mol. The number of unbranched alkanes of at least 4 members (excludes halogenated alkanes) is 2. The minimum Gasteiger partial charge on any atom is -0.481 e. The molecule has 0 saturated carbocycles. The molecule has 0 atom stereocenters. The summed E-state index contributed by atoms with van der Waals surface area (Å²) in [6.07, 6.45) is 5.33. The van der Waals surface area contributed by atoms with E-state index in [0.717, 1.165) is 19.3 Å². The van der Waals surface area contributed by atoms with Crippen molar-refractivity contribution < 1.29 is 18.3 Å². The van der Waals surface area contributed by atoms with Gasteiger partial charge in [-0.05, 0) is 19.3 Å². The lowest BCUT2D eigenvalue weighted by molar-refractivity contribution is -0.137. The molecule has 0 aliphatic rings. The van der Waals surface area contributed by atoms with Crippen LogP contribution in [0.5, 0.6) is 0 Å². The predicted octanol–water partition coefficient (Wildman–Crippen LogP) is 2.41. The zero-order chi connectivity index (χ0) is 15.2. The molecule has 0 spiro atoms. The smallest absolute Gasteiger partial charge is 0.303 e. The lowest BCUT2D eigenvalue weighted by atomic mass is 10.2. The van der Waals surface area contributed by atoms with Gasteiger partial charge in [-0.1, -0.05) is 13.3 Å². The topological polar surface area (TPSA) is 89.3 Å². The normalized spacial score (nSPS) is 11.7. The number of aryl methyl sites for hydroxylation is 2. The molecule has 8 heteroatoms. The lowest BCUT2D eigenvalue weighted by Gasteiger charge is -2.06. The molecule has 20 heavy (non-hydrogen) atoms. The van der Waals surface area contributed by atoms with Gasteiger partial charge in [0.1, 0.15) is 5.82 Å². The van der Waals surface area contributed by atoms with Gasteiger partial charge in [0.15, 0.2) is 5.03 Å². The van der Waals surface area contributed by atoms with Crippen LogP contribution in [0.4, 0.5) is 0 Å². The zero-order valence-electron chi connectivity index (χ0n) is 11.4. The molecule has 1 aromatic heterocycles. The Labute approximate surface area is 123 Å². The fraction of sp³-hybridized carbons (Fsp3) is 0.667. The van der Waals surface area contributed by atoms with Crippen LogP contribution in [0.3, 0.4) is 0 Å². The van der Waals surface area contributed by atoms with Crippen LogP contribution in [-0.4, -0.2) is 29.0 Å². The molecule has 0 unspecified atom stereocenters. The molecule has 0 aromatic carbocycles. The van der Waals surface area contributed by atoms with E-state index in [4.69, 9.17) is 15.8 Å². The van der Waals surface area contributed by atoms with E-state index in [2.05, 4.69) is 4.98 Å². The summed E-state index contributed by atoms with van der Waals surface area (Å²) in [7, 11) is 1.49. The van der Waals surface area contributed by atoms with Gasteiger partial charge in [0.2, 0.25) is 0 Å². The second-order valence-electron chi connectivity index (χ2n) is 4.58. The van der Waals surface area contributed by atoms with Gasteiger partial charge in [-0.15, -0.1) is 0 Å². The molecule has 0 bridgehead atoms. The summed E-state index contributed by atoms with van der Waals surface area (Å²) < 4.78 is 24.3. The van der Waals surface area contributed by atoms with Crippen molar-refractivity contribution in [2.24, 2.45) is 0 Å². The first-order chi connectivity index (χ1) is 9.34. The van der Waals surface area contributed by atoms with Crippen molar-refractivity contribution in [2.75, 3.05) is 0 Å². The molecule has 0 aliphatic carbocycles. The third-order valence-corrected chi connectivity index (χ3v) is 4.02. The van der Waals surface area contributed by atoms with Crippen LogP contribution in [0.1, 0.15) is 44.9 Å². The largest absolute Gasteiger partial charge is 0.481 e. The van der Waals surface area contributed by atoms with E-state index in [-0.39, 0.29) is 11.4 Å². The second kappa shape index (κ2) is 7.64. The van der Waals surface area contributed by atoms with E-state index in [1.165, 1.54) is 6.20 Å². The van der Waals surface area contributed by atoms with Gasteiger partial charge in [0.25, 0.3) is 9.05 Å². The van der Waals surface area contributed by atoms with E-state index in [9.17, 15) is 13.2 Å². The van der Waals surface area contributed by atoms with Crippen LogP contribution in [0, 0.1) is 0 Å². The van der Waals surface area contributed by atoms with Crippen molar-refractivity contribution in [3.05, 3.63) is 12.0 Å². The number of halogens is 1. The summed E-state index contributed by atoms with van der Waals surface area (Å²) in [6, 6.07) is 0. The number of nitrogens with zero attached hydrogens (tertiary/aromatic N) is 2. The van der Waals surface area contributed by atoms with E-state index in [1.54, 1.807) is 4.57 Å². The summed E-state index contributed by atoms with van der Waals surface area (Å²) in [6.45, 7) is 2.61. The molecule has 6 nitrogen and oxygen atoms in total. The van der Waals surface area contributed by atoms with Gasteiger partial charge >= 0.3 is 5.97 Å². The first-order valence-corrected chi connectivity index (χ1v) is 8.88. The number of imidazole rings is 1. The standard InChI is InChI=1S/C12H19ClN2O4S/c1-2-6-10-14-11(20(13,18)19)9-15(10)8-5-3-4-7-12(16)17/h9H,2-8H2,1H3,(H,16,17). The second-order valence-corrected chi connectivity index (χ2v) is 7.09. The summed E-state index contributed by atoms with van der Waals surface area (Å²) in [5.74, 6) is -0.0974. The third-order valence-electron chi connectivity index (χ3n) is 2.85. The summed E-state index contributed by atoms with van der Waals surface area (Å²) in [4.78, 5) is 14.4. The van der Waals surface area contributed by atoms with Gasteiger partial charge in [-0.2, -0.15) is 0 Å². The van der Waals surface area contributed by atoms with Crippen LogP contribution >= 0.6 is 10.7 Å². The molecule has 0 fully saturated rings. The van der Waals surface area contributed by atoms with E-state index < -0.39 is 15.0 Å². The van der Waals surface area contributed by atoms with Crippen LogP contribution < -0.4 is 0 Å². The SMILES string of the molecule is CCCc1nc(S(=O)(=O)Cl)cn1CCCCCC(=O)O. The number of carboxylic acid groups (broad SMARTS) is 1. The average molecular weight is 323 g/mol. The van der Waals surface area contributed by atoms with Gasteiger partial charge in [0, 0.05) is 36.3 Å². The first-order valence-electron chi connectivity index (χ1n) is 6.57. The molecule has 0 aliphatic heterocycles. The van der Waals surface area contributed by atoms with Crippen LogP contribution in [0.15, 0.2) is 11.2 Å². The number of hydrogen-bond acceptors (Lipinski definition) is 4. The van der Waals surface area contributed by atoms with E-state index >= 15 is 0 Å². The van der Waals surface area contributed by atoms with Crippen LogP contribution in [0.2, 0.25) is 0 Å². The molecule has 1 N–H and O–H groups in total. The molecule has 1 aromatic rings. The van der Waals surface area contributed by atoms with Crippen molar-refractivity contribution in [2.45, 2.75) is 57.0 Å². The molecule has 114 valence electrons. The molecule has 1 rings (SSSR count). The lowest BCUT2D eigenvalue weighted by Crippen LogP contribution is -2.03. The molecule has 1 heterocycles. The number of carboxylic acids is 1. The highest BCUT2D eigenvalue weighted by Gasteiger charge is 2.17. The Balaban J connectivity index is 2.63. The Morgan fingerprint density at radius 1 is 1.40 bits per heavy atom. The maximum atomic E-state index is 11.3. The molecule has 0 radical (unpaired) electrons. The Morgan fingerprint density at radius 3 is 2.65 bits per heavy atom. The van der Waals surface area contributed by atoms with E-state index in [1.807, 2.05) is 6.92 Å². The van der Waals surface area contributed by atoms with Gasteiger partial charge < -0.3 is 9.67 Å². The number of carbonyl (C=O) groups is 1. The van der Waals surface area contributed by atoms with Crippen LogP contribution in [0.25, 0.3) is 0 Å². The minimum absolute atomic E-state index is 0.117. The van der Waals surface area contributed by atoms with Crippen molar-refractivity contribution in [1.29, 1.82) is 0 Å². The summed E-state index contributed by atoms with van der Waals surface area (Å²) in [5.41, 5.74) is 0. The van der Waals surface area contributed by atoms with Crippen molar-refractivity contribution in [1.82, 2.24) is 9.55 Å². The highest BCUT2D eigenvalue weighted by molar-refractivity contribution is 8.13. The summed E-state index contributed by atoms with van der Waals surface area (Å²) >= 11 is 0. The molecular weight excluding hydrogens is 304 g/mol. The Bertz CT molecular complexity index is 554. The Kier molecular flexibility index (Phi) is 6.48. The molecule has 0 saturated heterocycles. The number of aromatic nitrogens is 2. The average Bonchev–Trinajstić information content (AvgIpc) is 2.72. The fourth-order valence-corrected chi connectivity index (χ4v) is 2.59. The molecule has 0 amide bonds. The predicted molar refractivity (Wildman–Crippen MR) is 75.4 cm³/mol. The van der Waals surface area contributed by atoms with Gasteiger partial charge in [-0.3, -0.25) is 4.79 Å².